The van der Waals surface area contributed by atoms with Crippen LogP contribution in [0.4, 0.5) is 0 Å². The van der Waals surface area contributed by atoms with E-state index in [4.69, 9.17) is 9.47 Å². The first-order chi connectivity index (χ1) is 10.8. The molecule has 0 amide bonds. The number of methoxy groups -OCH3 is 1. The van der Waals surface area contributed by atoms with Gasteiger partial charge in [-0.05, 0) is 42.6 Å². The Labute approximate surface area is 131 Å². The SMILES string of the molecule is COc1ccc(Oc2ccccc2CN2C=CC=CC2)cc1. The summed E-state index contributed by atoms with van der Waals surface area (Å²) in [4.78, 5) is 2.25. The van der Waals surface area contributed by atoms with Crippen LogP contribution in [0.25, 0.3) is 0 Å². The third-order valence-electron chi connectivity index (χ3n) is 3.52. The van der Waals surface area contributed by atoms with Gasteiger partial charge in [-0.1, -0.05) is 30.4 Å². The predicted molar refractivity (Wildman–Crippen MR) is 88.2 cm³/mol. The minimum Gasteiger partial charge on any atom is -0.497 e. The van der Waals surface area contributed by atoms with Gasteiger partial charge >= 0.3 is 0 Å². The molecule has 22 heavy (non-hydrogen) atoms. The van der Waals surface area contributed by atoms with Crippen LogP contribution in [0.1, 0.15) is 5.56 Å². The fourth-order valence-electron chi connectivity index (χ4n) is 2.35. The topological polar surface area (TPSA) is 21.7 Å². The molecule has 0 saturated carbocycles. The van der Waals surface area contributed by atoms with Gasteiger partial charge in [-0.2, -0.15) is 0 Å². The number of nitrogens with zero attached hydrogens (tertiary/aromatic N) is 1. The molecule has 112 valence electrons. The molecule has 1 heterocycles. The summed E-state index contributed by atoms with van der Waals surface area (Å²) < 4.78 is 11.2. The van der Waals surface area contributed by atoms with Gasteiger partial charge in [-0.3, -0.25) is 0 Å². The van der Waals surface area contributed by atoms with Crippen molar-refractivity contribution in [3.8, 4) is 17.2 Å². The summed E-state index contributed by atoms with van der Waals surface area (Å²) in [7, 11) is 1.66. The highest BCUT2D eigenvalue weighted by Crippen LogP contribution is 2.27. The van der Waals surface area contributed by atoms with Crippen LogP contribution in [0.5, 0.6) is 17.2 Å². The van der Waals surface area contributed by atoms with E-state index in [-0.39, 0.29) is 0 Å². The molecule has 3 nitrogen and oxygen atoms in total. The van der Waals surface area contributed by atoms with Gasteiger partial charge in [0.15, 0.2) is 0 Å². The van der Waals surface area contributed by atoms with Crippen LogP contribution in [-0.4, -0.2) is 18.6 Å². The number of allylic oxidation sites excluding steroid dienone is 2. The van der Waals surface area contributed by atoms with Crippen molar-refractivity contribution in [2.45, 2.75) is 6.54 Å². The molecular formula is C19H19NO2. The molecule has 2 aromatic carbocycles. The van der Waals surface area contributed by atoms with Gasteiger partial charge in [0, 0.05) is 18.7 Å². The maximum Gasteiger partial charge on any atom is 0.132 e. The fraction of sp³-hybridized carbons (Fsp3) is 0.158. The van der Waals surface area contributed by atoms with Crippen LogP contribution in [0.2, 0.25) is 0 Å². The lowest BCUT2D eigenvalue weighted by Crippen LogP contribution is -2.18. The molecule has 2 aromatic rings. The zero-order valence-electron chi connectivity index (χ0n) is 12.6. The number of hydrogen-bond acceptors (Lipinski definition) is 3. The van der Waals surface area contributed by atoms with Crippen molar-refractivity contribution < 1.29 is 9.47 Å². The first kappa shape index (κ1) is 14.3. The average molecular weight is 293 g/mol. The standard InChI is InChI=1S/C19H19NO2/c1-21-17-9-11-18(12-10-17)22-19-8-4-3-7-16(19)15-20-13-5-2-6-14-20/h2-13H,14-15H2,1H3. The predicted octanol–water partition coefficient (Wildman–Crippen LogP) is 4.37. The molecule has 0 saturated heterocycles. The number of ether oxygens (including phenoxy) is 2. The van der Waals surface area contributed by atoms with E-state index in [0.717, 1.165) is 30.3 Å². The fourth-order valence-corrected chi connectivity index (χ4v) is 2.35. The minimum atomic E-state index is 0.808. The van der Waals surface area contributed by atoms with Gasteiger partial charge in [0.05, 0.1) is 7.11 Å². The minimum absolute atomic E-state index is 0.808. The van der Waals surface area contributed by atoms with Gasteiger partial charge in [-0.15, -0.1) is 0 Å². The summed E-state index contributed by atoms with van der Waals surface area (Å²) in [6.07, 6.45) is 8.36. The van der Waals surface area contributed by atoms with Gasteiger partial charge in [-0.25, -0.2) is 0 Å². The third-order valence-corrected chi connectivity index (χ3v) is 3.52. The average Bonchev–Trinajstić information content (AvgIpc) is 2.58. The van der Waals surface area contributed by atoms with E-state index in [9.17, 15) is 0 Å². The summed E-state index contributed by atoms with van der Waals surface area (Å²) in [5, 5.41) is 0. The van der Waals surface area contributed by atoms with Gasteiger partial charge < -0.3 is 14.4 Å². The molecule has 0 radical (unpaired) electrons. The second-order valence-corrected chi connectivity index (χ2v) is 5.08. The van der Waals surface area contributed by atoms with Crippen LogP contribution in [-0.2, 0) is 6.54 Å². The van der Waals surface area contributed by atoms with Crippen molar-refractivity contribution >= 4 is 0 Å². The quantitative estimate of drug-likeness (QED) is 0.817. The van der Waals surface area contributed by atoms with E-state index in [2.05, 4.69) is 35.4 Å². The molecule has 0 spiro atoms. The van der Waals surface area contributed by atoms with E-state index in [0.29, 0.717) is 0 Å². The molecule has 1 aliphatic rings. The van der Waals surface area contributed by atoms with Crippen LogP contribution in [0.3, 0.4) is 0 Å². The number of benzene rings is 2. The van der Waals surface area contributed by atoms with E-state index in [1.165, 1.54) is 5.56 Å². The van der Waals surface area contributed by atoms with Crippen molar-refractivity contribution in [3.63, 3.8) is 0 Å². The van der Waals surface area contributed by atoms with E-state index in [1.807, 2.05) is 42.5 Å². The first-order valence-corrected chi connectivity index (χ1v) is 7.32. The monoisotopic (exact) mass is 293 g/mol. The van der Waals surface area contributed by atoms with E-state index < -0.39 is 0 Å². The maximum absolute atomic E-state index is 6.03. The Bertz CT molecular complexity index is 674. The molecule has 0 unspecified atom stereocenters. The molecule has 3 rings (SSSR count). The highest BCUT2D eigenvalue weighted by atomic mass is 16.5. The lowest BCUT2D eigenvalue weighted by Gasteiger charge is -2.22. The van der Waals surface area contributed by atoms with Gasteiger partial charge in [0.2, 0.25) is 0 Å². The summed E-state index contributed by atoms with van der Waals surface area (Å²) in [5.41, 5.74) is 1.17. The summed E-state index contributed by atoms with van der Waals surface area (Å²) in [5.74, 6) is 2.52. The van der Waals surface area contributed by atoms with E-state index >= 15 is 0 Å². The smallest absolute Gasteiger partial charge is 0.132 e. The molecule has 1 aliphatic heterocycles. The van der Waals surface area contributed by atoms with Crippen molar-refractivity contribution in [2.75, 3.05) is 13.7 Å². The zero-order chi connectivity index (χ0) is 15.2. The van der Waals surface area contributed by atoms with E-state index in [1.54, 1.807) is 7.11 Å². The second kappa shape index (κ2) is 6.85. The van der Waals surface area contributed by atoms with Gasteiger partial charge in [0.25, 0.3) is 0 Å². The number of hydrogen-bond donors (Lipinski definition) is 0. The molecule has 0 N–H and O–H groups in total. The Kier molecular flexibility index (Phi) is 4.44. The maximum atomic E-state index is 6.03. The third kappa shape index (κ3) is 3.50. The molecule has 0 aliphatic carbocycles. The summed E-state index contributed by atoms with van der Waals surface area (Å²) >= 11 is 0. The highest BCUT2D eigenvalue weighted by molar-refractivity contribution is 5.39. The van der Waals surface area contributed by atoms with Crippen molar-refractivity contribution in [2.24, 2.45) is 0 Å². The first-order valence-electron chi connectivity index (χ1n) is 7.32. The lowest BCUT2D eigenvalue weighted by atomic mass is 10.2. The Balaban J connectivity index is 1.75. The summed E-state index contributed by atoms with van der Waals surface area (Å²) in [6.45, 7) is 1.75. The van der Waals surface area contributed by atoms with Crippen LogP contribution < -0.4 is 9.47 Å². The Hall–Kier alpha value is -2.68. The normalized spacial score (nSPS) is 13.2. The molecule has 0 bridgehead atoms. The zero-order valence-corrected chi connectivity index (χ0v) is 12.6. The molecule has 3 heteroatoms. The van der Waals surface area contributed by atoms with Gasteiger partial charge in [0.1, 0.15) is 17.2 Å². The lowest BCUT2D eigenvalue weighted by molar-refractivity contribution is 0.390. The van der Waals surface area contributed by atoms with Crippen LogP contribution in [0, 0.1) is 0 Å². The molecule has 0 atom stereocenters. The highest BCUT2D eigenvalue weighted by Gasteiger charge is 2.08. The molecular weight excluding hydrogens is 274 g/mol. The Morgan fingerprint density at radius 2 is 1.73 bits per heavy atom. The summed E-state index contributed by atoms with van der Waals surface area (Å²) in [6, 6.07) is 15.8. The molecule has 0 aromatic heterocycles. The second-order valence-electron chi connectivity index (χ2n) is 5.08. The molecule has 0 fully saturated rings. The van der Waals surface area contributed by atoms with Crippen molar-refractivity contribution in [1.29, 1.82) is 0 Å². The Morgan fingerprint density at radius 1 is 0.955 bits per heavy atom. The largest absolute Gasteiger partial charge is 0.497 e. The van der Waals surface area contributed by atoms with Crippen LogP contribution >= 0.6 is 0 Å². The number of rotatable bonds is 5. The van der Waals surface area contributed by atoms with Crippen LogP contribution in [0.15, 0.2) is 73.0 Å². The Morgan fingerprint density at radius 3 is 2.45 bits per heavy atom. The van der Waals surface area contributed by atoms with Crippen molar-refractivity contribution in [1.82, 2.24) is 4.90 Å². The number of para-hydroxylation sites is 1. The van der Waals surface area contributed by atoms with Crippen molar-refractivity contribution in [3.05, 3.63) is 78.5 Å².